The zero-order chi connectivity index (χ0) is 10.6. The second kappa shape index (κ2) is 5.85. The minimum absolute atomic E-state index is 0.286. The maximum absolute atomic E-state index is 5.75. The molecule has 80 valence electrons. The summed E-state index contributed by atoms with van der Waals surface area (Å²) < 4.78 is 1.19. The van der Waals surface area contributed by atoms with Crippen molar-refractivity contribution in [2.75, 3.05) is 7.05 Å². The van der Waals surface area contributed by atoms with E-state index in [9.17, 15) is 0 Å². The zero-order valence-corrected chi connectivity index (χ0v) is 11.0. The number of nitrogens with two attached hydrogens (primary N) is 1. The number of halogens is 1. The monoisotopic (exact) mass is 276 g/mol. The van der Waals surface area contributed by atoms with Gasteiger partial charge in [-0.05, 0) is 54.9 Å². The minimum atomic E-state index is 0.286. The Bertz CT molecular complexity index is 273. The summed E-state index contributed by atoms with van der Waals surface area (Å²) in [6, 6.07) is 4.99. The molecule has 2 atom stereocenters. The molecule has 0 saturated carbocycles. The third-order valence-corrected chi connectivity index (χ3v) is 3.93. The van der Waals surface area contributed by atoms with Crippen molar-refractivity contribution in [1.29, 1.82) is 0 Å². The number of hydrogen-bond donors (Lipinski definition) is 2. The van der Waals surface area contributed by atoms with E-state index < -0.39 is 0 Å². The van der Waals surface area contributed by atoms with E-state index in [4.69, 9.17) is 5.73 Å². The maximum Gasteiger partial charge on any atom is 0.0701 e. The van der Waals surface area contributed by atoms with Gasteiger partial charge in [-0.15, -0.1) is 11.3 Å². The Balaban J connectivity index is 2.54. The molecule has 1 aromatic heterocycles. The fraction of sp³-hybridized carbons (Fsp3) is 0.600. The Labute approximate surface area is 98.0 Å². The Hall–Kier alpha value is 0.1000. The summed E-state index contributed by atoms with van der Waals surface area (Å²) >= 11 is 5.26. The Morgan fingerprint density at radius 3 is 2.64 bits per heavy atom. The van der Waals surface area contributed by atoms with Crippen LogP contribution in [0.5, 0.6) is 0 Å². The van der Waals surface area contributed by atoms with Crippen molar-refractivity contribution >= 4 is 27.3 Å². The van der Waals surface area contributed by atoms with Crippen LogP contribution >= 0.6 is 27.3 Å². The molecule has 0 spiro atoms. The molecule has 3 N–H and O–H groups in total. The molecular weight excluding hydrogens is 260 g/mol. The van der Waals surface area contributed by atoms with Gasteiger partial charge in [-0.3, -0.25) is 0 Å². The first-order chi connectivity index (χ1) is 6.63. The highest BCUT2D eigenvalue weighted by Crippen LogP contribution is 2.29. The quantitative estimate of drug-likeness (QED) is 0.868. The van der Waals surface area contributed by atoms with Crippen molar-refractivity contribution in [3.63, 3.8) is 0 Å². The van der Waals surface area contributed by atoms with Gasteiger partial charge in [0, 0.05) is 17.0 Å². The van der Waals surface area contributed by atoms with E-state index in [2.05, 4.69) is 40.3 Å². The molecule has 0 amide bonds. The number of hydrogen-bond acceptors (Lipinski definition) is 3. The van der Waals surface area contributed by atoms with E-state index in [1.807, 2.05) is 7.05 Å². The van der Waals surface area contributed by atoms with Gasteiger partial charge in [-0.1, -0.05) is 0 Å². The lowest BCUT2D eigenvalue weighted by atomic mass is 10.1. The first-order valence-corrected chi connectivity index (χ1v) is 6.42. The van der Waals surface area contributed by atoms with E-state index >= 15 is 0 Å². The predicted molar refractivity (Wildman–Crippen MR) is 66.7 cm³/mol. The zero-order valence-electron chi connectivity index (χ0n) is 8.59. The average molecular weight is 277 g/mol. The summed E-state index contributed by atoms with van der Waals surface area (Å²) in [5.74, 6) is 0. The van der Waals surface area contributed by atoms with Gasteiger partial charge in [0.05, 0.1) is 3.79 Å². The third kappa shape index (κ3) is 3.69. The summed E-state index contributed by atoms with van der Waals surface area (Å²) in [6.45, 7) is 2.05. The highest BCUT2D eigenvalue weighted by atomic mass is 79.9. The molecule has 0 saturated heterocycles. The Kier molecular flexibility index (Phi) is 5.09. The van der Waals surface area contributed by atoms with Crippen LogP contribution in [0.25, 0.3) is 0 Å². The van der Waals surface area contributed by atoms with Crippen LogP contribution in [0.4, 0.5) is 0 Å². The van der Waals surface area contributed by atoms with Crippen molar-refractivity contribution in [3.8, 4) is 0 Å². The lowest BCUT2D eigenvalue weighted by Gasteiger charge is -2.15. The van der Waals surface area contributed by atoms with Crippen LogP contribution in [0.2, 0.25) is 0 Å². The molecule has 0 aromatic carbocycles. The van der Waals surface area contributed by atoms with Gasteiger partial charge in [0.2, 0.25) is 0 Å². The van der Waals surface area contributed by atoms with E-state index in [-0.39, 0.29) is 6.04 Å². The summed E-state index contributed by atoms with van der Waals surface area (Å²) in [5, 5.41) is 3.32. The fourth-order valence-electron chi connectivity index (χ4n) is 1.37. The SMILES string of the molecule is CNC(CCC(C)N)c1ccc(Br)s1. The van der Waals surface area contributed by atoms with Gasteiger partial charge in [-0.2, -0.15) is 0 Å². The summed E-state index contributed by atoms with van der Waals surface area (Å²) in [7, 11) is 2.00. The smallest absolute Gasteiger partial charge is 0.0701 e. The van der Waals surface area contributed by atoms with Crippen molar-refractivity contribution in [2.45, 2.75) is 31.8 Å². The molecule has 0 aliphatic heterocycles. The molecule has 0 bridgehead atoms. The highest BCUT2D eigenvalue weighted by molar-refractivity contribution is 9.11. The molecule has 0 radical (unpaired) electrons. The fourth-order valence-corrected chi connectivity index (χ4v) is 2.94. The van der Waals surface area contributed by atoms with Crippen molar-refractivity contribution in [1.82, 2.24) is 5.32 Å². The molecule has 0 fully saturated rings. The summed E-state index contributed by atoms with van der Waals surface area (Å²) in [6.07, 6.45) is 2.15. The second-order valence-corrected chi connectivity index (χ2v) is 6.03. The van der Waals surface area contributed by atoms with Gasteiger partial charge >= 0.3 is 0 Å². The Morgan fingerprint density at radius 1 is 1.50 bits per heavy atom. The molecular formula is C10H17BrN2S. The minimum Gasteiger partial charge on any atom is -0.328 e. The van der Waals surface area contributed by atoms with Crippen LogP contribution in [-0.4, -0.2) is 13.1 Å². The number of rotatable bonds is 5. The summed E-state index contributed by atoms with van der Waals surface area (Å²) in [4.78, 5) is 1.38. The van der Waals surface area contributed by atoms with Gasteiger partial charge < -0.3 is 11.1 Å². The van der Waals surface area contributed by atoms with Crippen molar-refractivity contribution in [3.05, 3.63) is 20.8 Å². The molecule has 4 heteroatoms. The maximum atomic E-state index is 5.75. The van der Waals surface area contributed by atoms with Gasteiger partial charge in [-0.25, -0.2) is 0 Å². The standard InChI is InChI=1S/C10H17BrN2S/c1-7(12)3-4-8(13-2)9-5-6-10(11)14-9/h5-8,13H,3-4,12H2,1-2H3. The van der Waals surface area contributed by atoms with E-state index in [0.29, 0.717) is 6.04 Å². The predicted octanol–water partition coefficient (Wildman–Crippen LogP) is 2.90. The third-order valence-electron chi connectivity index (χ3n) is 2.20. The largest absolute Gasteiger partial charge is 0.328 e. The molecule has 0 aliphatic carbocycles. The van der Waals surface area contributed by atoms with Crippen LogP contribution in [0.15, 0.2) is 15.9 Å². The van der Waals surface area contributed by atoms with Crippen LogP contribution in [0.1, 0.15) is 30.7 Å². The van der Waals surface area contributed by atoms with E-state index in [0.717, 1.165) is 12.8 Å². The lowest BCUT2D eigenvalue weighted by molar-refractivity contribution is 0.502. The molecule has 2 nitrogen and oxygen atoms in total. The van der Waals surface area contributed by atoms with Crippen LogP contribution in [0, 0.1) is 0 Å². The van der Waals surface area contributed by atoms with E-state index in [1.165, 1.54) is 8.66 Å². The molecule has 14 heavy (non-hydrogen) atoms. The Morgan fingerprint density at radius 2 is 2.21 bits per heavy atom. The van der Waals surface area contributed by atoms with Crippen LogP contribution in [0.3, 0.4) is 0 Å². The molecule has 1 rings (SSSR count). The van der Waals surface area contributed by atoms with Crippen molar-refractivity contribution in [2.24, 2.45) is 5.73 Å². The highest BCUT2D eigenvalue weighted by Gasteiger charge is 2.11. The van der Waals surface area contributed by atoms with Gasteiger partial charge in [0.15, 0.2) is 0 Å². The molecule has 1 aromatic rings. The second-order valence-electron chi connectivity index (χ2n) is 3.54. The van der Waals surface area contributed by atoms with Crippen LogP contribution in [-0.2, 0) is 0 Å². The topological polar surface area (TPSA) is 38.0 Å². The first-order valence-electron chi connectivity index (χ1n) is 4.81. The first kappa shape index (κ1) is 12.2. The average Bonchev–Trinajstić information content (AvgIpc) is 2.53. The lowest BCUT2D eigenvalue weighted by Crippen LogP contribution is -2.20. The molecule has 2 unspecified atom stereocenters. The number of thiophene rings is 1. The van der Waals surface area contributed by atoms with Gasteiger partial charge in [0.1, 0.15) is 0 Å². The van der Waals surface area contributed by atoms with Gasteiger partial charge in [0.25, 0.3) is 0 Å². The molecule has 1 heterocycles. The van der Waals surface area contributed by atoms with E-state index in [1.54, 1.807) is 11.3 Å². The molecule has 0 aliphatic rings. The number of nitrogens with one attached hydrogen (secondary N) is 1. The van der Waals surface area contributed by atoms with Crippen LogP contribution < -0.4 is 11.1 Å². The normalized spacial score (nSPS) is 15.4. The summed E-state index contributed by atoms with van der Waals surface area (Å²) in [5.41, 5.74) is 5.75. The van der Waals surface area contributed by atoms with Crippen molar-refractivity contribution < 1.29 is 0 Å².